The topological polar surface area (TPSA) is 16.1 Å². The average molecular weight is 275 g/mol. The van der Waals surface area contributed by atoms with Crippen LogP contribution >= 0.6 is 22.9 Å². The summed E-state index contributed by atoms with van der Waals surface area (Å²) in [5.74, 6) is 1.33. The first kappa shape index (κ1) is 14.9. The monoisotopic (exact) mass is 274 g/mol. The Kier molecular flexibility index (Phi) is 7.09. The highest BCUT2D eigenvalue weighted by molar-refractivity contribution is 7.09. The first-order valence-electron chi connectivity index (χ1n) is 6.33. The van der Waals surface area contributed by atoms with Gasteiger partial charge in [0.15, 0.2) is 0 Å². The van der Waals surface area contributed by atoms with Gasteiger partial charge in [0.2, 0.25) is 0 Å². The van der Waals surface area contributed by atoms with Crippen LogP contribution in [0.3, 0.4) is 0 Å². The molecule has 0 saturated carbocycles. The van der Waals surface area contributed by atoms with Gasteiger partial charge in [0.25, 0.3) is 0 Å². The van der Waals surface area contributed by atoms with E-state index in [4.69, 9.17) is 11.6 Å². The third kappa shape index (κ3) is 5.84. The molecule has 0 aliphatic heterocycles. The predicted molar refractivity (Wildman–Crippen MR) is 76.9 cm³/mol. The Morgan fingerprint density at radius 1 is 1.53 bits per heavy atom. The van der Waals surface area contributed by atoms with E-state index in [0.717, 1.165) is 24.6 Å². The fraction of sp³-hybridized carbons (Fsp3) is 0.769. The maximum atomic E-state index is 5.73. The number of rotatable bonds is 8. The lowest BCUT2D eigenvalue weighted by Gasteiger charge is -2.19. The molecule has 0 amide bonds. The van der Waals surface area contributed by atoms with Crippen molar-refractivity contribution in [3.05, 3.63) is 16.1 Å². The van der Waals surface area contributed by atoms with Gasteiger partial charge in [-0.25, -0.2) is 4.98 Å². The number of nitrogens with zero attached hydrogens (tertiary/aromatic N) is 2. The molecule has 0 saturated heterocycles. The van der Waals surface area contributed by atoms with E-state index in [0.29, 0.717) is 5.88 Å². The second-order valence-electron chi connectivity index (χ2n) is 4.75. The zero-order valence-corrected chi connectivity index (χ0v) is 12.7. The van der Waals surface area contributed by atoms with Crippen LogP contribution in [0.2, 0.25) is 0 Å². The van der Waals surface area contributed by atoms with E-state index in [1.165, 1.54) is 24.4 Å². The van der Waals surface area contributed by atoms with E-state index in [2.05, 4.69) is 36.2 Å². The minimum atomic E-state index is 0.532. The second-order valence-corrected chi connectivity index (χ2v) is 5.96. The van der Waals surface area contributed by atoms with Crippen LogP contribution in [-0.4, -0.2) is 30.0 Å². The number of aryl methyl sites for hydroxylation is 1. The van der Waals surface area contributed by atoms with E-state index < -0.39 is 0 Å². The van der Waals surface area contributed by atoms with Crippen molar-refractivity contribution in [2.75, 3.05) is 20.1 Å². The number of alkyl halides is 1. The van der Waals surface area contributed by atoms with E-state index in [1.807, 2.05) is 0 Å². The zero-order chi connectivity index (χ0) is 12.7. The predicted octanol–water partition coefficient (Wildman–Crippen LogP) is 3.79. The molecule has 17 heavy (non-hydrogen) atoms. The van der Waals surface area contributed by atoms with E-state index in [-0.39, 0.29) is 0 Å². The molecular weight excluding hydrogens is 252 g/mol. The second kappa shape index (κ2) is 8.06. The van der Waals surface area contributed by atoms with Crippen LogP contribution in [0.4, 0.5) is 0 Å². The maximum Gasteiger partial charge on any atom is 0.0929 e. The minimum Gasteiger partial charge on any atom is -0.306 e. The number of hydrogen-bond donors (Lipinski definition) is 0. The number of hydrogen-bond acceptors (Lipinski definition) is 3. The molecule has 0 aromatic carbocycles. The quantitative estimate of drug-likeness (QED) is 0.671. The standard InChI is InChI=1S/C13H23ClN2S/c1-4-11(2)9-16(3)7-5-6-13-15-12(8-14)10-17-13/h10-11H,4-9H2,1-3H3. The van der Waals surface area contributed by atoms with Crippen molar-refractivity contribution in [2.24, 2.45) is 5.92 Å². The molecule has 1 unspecified atom stereocenters. The highest BCUT2D eigenvalue weighted by Crippen LogP contribution is 2.13. The minimum absolute atomic E-state index is 0.532. The van der Waals surface area contributed by atoms with Crippen molar-refractivity contribution < 1.29 is 0 Å². The number of thiazole rings is 1. The van der Waals surface area contributed by atoms with Crippen LogP contribution in [-0.2, 0) is 12.3 Å². The highest BCUT2D eigenvalue weighted by atomic mass is 35.5. The zero-order valence-electron chi connectivity index (χ0n) is 11.1. The Morgan fingerprint density at radius 2 is 2.29 bits per heavy atom. The molecule has 1 heterocycles. The summed E-state index contributed by atoms with van der Waals surface area (Å²) in [4.78, 5) is 6.89. The van der Waals surface area contributed by atoms with E-state index in [1.54, 1.807) is 11.3 Å². The van der Waals surface area contributed by atoms with Gasteiger partial charge in [-0.05, 0) is 25.9 Å². The van der Waals surface area contributed by atoms with Gasteiger partial charge in [-0.15, -0.1) is 22.9 Å². The van der Waals surface area contributed by atoms with Gasteiger partial charge in [-0.3, -0.25) is 0 Å². The van der Waals surface area contributed by atoms with Crippen molar-refractivity contribution in [3.63, 3.8) is 0 Å². The van der Waals surface area contributed by atoms with Crippen LogP contribution in [0.5, 0.6) is 0 Å². The summed E-state index contributed by atoms with van der Waals surface area (Å²) in [6.45, 7) is 6.91. The summed E-state index contributed by atoms with van der Waals surface area (Å²) in [5.41, 5.74) is 1.01. The highest BCUT2D eigenvalue weighted by Gasteiger charge is 2.05. The molecule has 98 valence electrons. The van der Waals surface area contributed by atoms with Gasteiger partial charge in [0.1, 0.15) is 0 Å². The Balaban J connectivity index is 2.18. The lowest BCUT2D eigenvalue weighted by atomic mass is 10.1. The SMILES string of the molecule is CCC(C)CN(C)CCCc1nc(CCl)cs1. The summed E-state index contributed by atoms with van der Waals surface area (Å²) < 4.78 is 0. The van der Waals surface area contributed by atoms with Gasteiger partial charge in [0.05, 0.1) is 16.6 Å². The van der Waals surface area contributed by atoms with E-state index in [9.17, 15) is 0 Å². The molecule has 1 aromatic heterocycles. The third-order valence-corrected chi connectivity index (χ3v) is 4.22. The average Bonchev–Trinajstić information content (AvgIpc) is 2.76. The fourth-order valence-electron chi connectivity index (χ4n) is 1.78. The molecule has 2 nitrogen and oxygen atoms in total. The van der Waals surface area contributed by atoms with Gasteiger partial charge < -0.3 is 4.90 Å². The number of halogens is 1. The third-order valence-electron chi connectivity index (χ3n) is 2.99. The van der Waals surface area contributed by atoms with Crippen LogP contribution in [0.1, 0.15) is 37.4 Å². The normalized spacial score (nSPS) is 13.2. The Hall–Kier alpha value is -0.120. The molecule has 0 fully saturated rings. The molecule has 0 radical (unpaired) electrons. The van der Waals surface area contributed by atoms with Crippen LogP contribution in [0.15, 0.2) is 5.38 Å². The first-order chi connectivity index (χ1) is 8.15. The lowest BCUT2D eigenvalue weighted by Crippen LogP contribution is -2.25. The summed E-state index contributed by atoms with van der Waals surface area (Å²) >= 11 is 7.46. The molecule has 1 rings (SSSR count). The molecule has 1 atom stereocenters. The van der Waals surface area contributed by atoms with Crippen molar-refractivity contribution >= 4 is 22.9 Å². The molecule has 0 bridgehead atoms. The number of aromatic nitrogens is 1. The summed E-state index contributed by atoms with van der Waals surface area (Å²) in [5, 5.41) is 3.28. The van der Waals surface area contributed by atoms with E-state index >= 15 is 0 Å². The molecule has 0 aliphatic rings. The molecule has 0 spiro atoms. The summed E-state index contributed by atoms with van der Waals surface area (Å²) in [7, 11) is 2.21. The smallest absolute Gasteiger partial charge is 0.0929 e. The maximum absolute atomic E-state index is 5.73. The van der Waals surface area contributed by atoms with Crippen molar-refractivity contribution in [3.8, 4) is 0 Å². The van der Waals surface area contributed by atoms with Gasteiger partial charge >= 0.3 is 0 Å². The molecule has 0 N–H and O–H groups in total. The Bertz CT molecular complexity index is 314. The van der Waals surface area contributed by atoms with Gasteiger partial charge in [-0.2, -0.15) is 0 Å². The molecule has 4 heteroatoms. The molecule has 1 aromatic rings. The largest absolute Gasteiger partial charge is 0.306 e. The lowest BCUT2D eigenvalue weighted by molar-refractivity contribution is 0.279. The Morgan fingerprint density at radius 3 is 2.88 bits per heavy atom. The van der Waals surface area contributed by atoms with Gasteiger partial charge in [-0.1, -0.05) is 20.3 Å². The van der Waals surface area contributed by atoms with Crippen molar-refractivity contribution in [1.29, 1.82) is 0 Å². The van der Waals surface area contributed by atoms with Crippen molar-refractivity contribution in [1.82, 2.24) is 9.88 Å². The van der Waals surface area contributed by atoms with Crippen LogP contribution in [0, 0.1) is 5.92 Å². The summed E-state index contributed by atoms with van der Waals surface area (Å²) in [6, 6.07) is 0. The van der Waals surface area contributed by atoms with Gasteiger partial charge in [0, 0.05) is 18.3 Å². The molecule has 0 aliphatic carbocycles. The molecular formula is C13H23ClN2S. The fourth-order valence-corrected chi connectivity index (χ4v) is 2.85. The first-order valence-corrected chi connectivity index (χ1v) is 7.74. The summed E-state index contributed by atoms with van der Waals surface area (Å²) in [6.07, 6.45) is 3.52. The Labute approximate surface area is 114 Å². The van der Waals surface area contributed by atoms with Crippen molar-refractivity contribution in [2.45, 2.75) is 39.0 Å². The van der Waals surface area contributed by atoms with Crippen LogP contribution < -0.4 is 0 Å². The van der Waals surface area contributed by atoms with Crippen LogP contribution in [0.25, 0.3) is 0 Å².